The Balaban J connectivity index is 1.52. The monoisotopic (exact) mass is 247 g/mol. The lowest BCUT2D eigenvalue weighted by molar-refractivity contribution is 0.0861. The van der Waals surface area contributed by atoms with Crippen molar-refractivity contribution in [3.05, 3.63) is 35.9 Å². The summed E-state index contributed by atoms with van der Waals surface area (Å²) in [6.07, 6.45) is 0.362. The maximum atomic E-state index is 11.9. The highest BCUT2D eigenvalue weighted by molar-refractivity contribution is 5.68. The lowest BCUT2D eigenvalue weighted by Gasteiger charge is -2.27. The van der Waals surface area contributed by atoms with Crippen molar-refractivity contribution in [3.8, 4) is 0 Å². The molecule has 2 aliphatic heterocycles. The van der Waals surface area contributed by atoms with E-state index in [-0.39, 0.29) is 12.2 Å². The number of ether oxygens (including phenoxy) is 2. The van der Waals surface area contributed by atoms with Gasteiger partial charge in [0.15, 0.2) is 0 Å². The van der Waals surface area contributed by atoms with Crippen LogP contribution >= 0.6 is 0 Å². The fraction of sp³-hybridized carbons (Fsp3) is 0.500. The van der Waals surface area contributed by atoms with Crippen molar-refractivity contribution in [2.24, 2.45) is 5.92 Å². The average Bonchev–Trinajstić information content (AvgIpc) is 3.17. The van der Waals surface area contributed by atoms with Crippen LogP contribution in [0.25, 0.3) is 0 Å². The summed E-state index contributed by atoms with van der Waals surface area (Å²) in [7, 11) is 0. The molecule has 18 heavy (non-hydrogen) atoms. The highest BCUT2D eigenvalue weighted by Crippen LogP contribution is 2.35. The van der Waals surface area contributed by atoms with Crippen LogP contribution in [0, 0.1) is 5.92 Å². The molecule has 3 atom stereocenters. The van der Waals surface area contributed by atoms with Gasteiger partial charge in [-0.1, -0.05) is 37.3 Å². The molecule has 3 rings (SSSR count). The highest BCUT2D eigenvalue weighted by atomic mass is 16.6. The Morgan fingerprint density at radius 2 is 2.17 bits per heavy atom. The van der Waals surface area contributed by atoms with Crippen LogP contribution in [0.2, 0.25) is 0 Å². The van der Waals surface area contributed by atoms with Crippen molar-refractivity contribution in [2.45, 2.75) is 25.7 Å². The van der Waals surface area contributed by atoms with E-state index in [1.807, 2.05) is 30.3 Å². The molecule has 0 N–H and O–H groups in total. The Hall–Kier alpha value is -1.55. The molecule has 96 valence electrons. The van der Waals surface area contributed by atoms with E-state index in [1.54, 1.807) is 4.90 Å². The third-order valence-corrected chi connectivity index (χ3v) is 3.55. The van der Waals surface area contributed by atoms with Gasteiger partial charge in [-0.3, -0.25) is 0 Å². The smallest absolute Gasteiger partial charge is 0.410 e. The Morgan fingerprint density at radius 3 is 2.89 bits per heavy atom. The molecule has 0 radical (unpaired) electrons. The predicted molar refractivity (Wildman–Crippen MR) is 66.0 cm³/mol. The zero-order chi connectivity index (χ0) is 12.5. The molecule has 4 nitrogen and oxygen atoms in total. The molecule has 2 aliphatic rings. The molecule has 0 aliphatic carbocycles. The van der Waals surface area contributed by atoms with Crippen molar-refractivity contribution in [1.82, 2.24) is 4.90 Å². The molecule has 2 heterocycles. The number of piperidine rings is 1. The molecular formula is C14H17NO3. The lowest BCUT2D eigenvalue weighted by Crippen LogP contribution is -2.43. The second kappa shape index (κ2) is 4.61. The average molecular weight is 247 g/mol. The quantitative estimate of drug-likeness (QED) is 0.751. The number of hydrogen-bond acceptors (Lipinski definition) is 3. The van der Waals surface area contributed by atoms with E-state index >= 15 is 0 Å². The van der Waals surface area contributed by atoms with Gasteiger partial charge in [-0.2, -0.15) is 0 Å². The van der Waals surface area contributed by atoms with E-state index in [0.717, 1.165) is 12.1 Å². The van der Waals surface area contributed by atoms with Gasteiger partial charge in [0, 0.05) is 12.5 Å². The first kappa shape index (κ1) is 11.5. The number of amides is 1. The fourth-order valence-corrected chi connectivity index (χ4v) is 2.51. The minimum atomic E-state index is -0.236. The first-order valence-electron chi connectivity index (χ1n) is 6.35. The van der Waals surface area contributed by atoms with Gasteiger partial charge in [-0.05, 0) is 5.56 Å². The molecule has 0 unspecified atom stereocenters. The van der Waals surface area contributed by atoms with Crippen LogP contribution in [0.3, 0.4) is 0 Å². The van der Waals surface area contributed by atoms with Crippen molar-refractivity contribution in [3.63, 3.8) is 0 Å². The summed E-state index contributed by atoms with van der Waals surface area (Å²) < 4.78 is 10.8. The minimum Gasteiger partial charge on any atom is -0.445 e. The summed E-state index contributed by atoms with van der Waals surface area (Å²) in [4.78, 5) is 13.7. The topological polar surface area (TPSA) is 42.1 Å². The number of hydrogen-bond donors (Lipinski definition) is 0. The zero-order valence-corrected chi connectivity index (χ0v) is 10.4. The van der Waals surface area contributed by atoms with Crippen LogP contribution in [0.4, 0.5) is 4.79 Å². The van der Waals surface area contributed by atoms with Crippen LogP contribution in [0.5, 0.6) is 0 Å². The number of benzene rings is 1. The maximum absolute atomic E-state index is 11.9. The van der Waals surface area contributed by atoms with E-state index in [9.17, 15) is 4.79 Å². The third kappa shape index (κ3) is 2.34. The van der Waals surface area contributed by atoms with Gasteiger partial charge in [0.05, 0.1) is 12.6 Å². The molecular weight excluding hydrogens is 230 g/mol. The van der Waals surface area contributed by atoms with Gasteiger partial charge >= 0.3 is 6.09 Å². The standard InChI is InChI=1S/C14H17NO3/c1-10-7-15(8-12-13(10)18-12)14(16)17-9-11-5-3-2-4-6-11/h2-6,10,12-13H,7-9H2,1H3/t10-,12+,13+/m1/s1. The molecule has 0 bridgehead atoms. The van der Waals surface area contributed by atoms with Gasteiger partial charge < -0.3 is 14.4 Å². The molecule has 1 amide bonds. The zero-order valence-electron chi connectivity index (χ0n) is 10.4. The Labute approximate surface area is 106 Å². The minimum absolute atomic E-state index is 0.234. The molecule has 0 aromatic heterocycles. The summed E-state index contributed by atoms with van der Waals surface area (Å²) >= 11 is 0. The number of fused-ring (bicyclic) bond motifs is 1. The molecule has 1 aromatic rings. The van der Waals surface area contributed by atoms with Crippen molar-refractivity contribution < 1.29 is 14.3 Å². The molecule has 0 spiro atoms. The summed E-state index contributed by atoms with van der Waals surface area (Å²) in [5, 5.41) is 0. The molecule has 1 aromatic carbocycles. The number of carbonyl (C=O) groups is 1. The number of carbonyl (C=O) groups excluding carboxylic acids is 1. The molecule has 2 saturated heterocycles. The Kier molecular flexibility index (Phi) is 2.96. The maximum Gasteiger partial charge on any atom is 0.410 e. The molecule has 2 fully saturated rings. The van der Waals surface area contributed by atoms with Crippen molar-refractivity contribution in [2.75, 3.05) is 13.1 Å². The van der Waals surface area contributed by atoms with E-state index in [4.69, 9.17) is 9.47 Å². The number of rotatable bonds is 2. The Morgan fingerprint density at radius 1 is 1.39 bits per heavy atom. The van der Waals surface area contributed by atoms with E-state index in [2.05, 4.69) is 6.92 Å². The van der Waals surface area contributed by atoms with Crippen molar-refractivity contribution >= 4 is 6.09 Å². The van der Waals surface area contributed by atoms with Crippen LogP contribution in [-0.2, 0) is 16.1 Å². The van der Waals surface area contributed by atoms with E-state index in [1.165, 1.54) is 0 Å². The SMILES string of the molecule is C[C@@H]1CN(C(=O)OCc2ccccc2)C[C@@H]2O[C@@H]12. The van der Waals surface area contributed by atoms with Gasteiger partial charge in [-0.15, -0.1) is 0 Å². The van der Waals surface area contributed by atoms with E-state index in [0.29, 0.717) is 25.2 Å². The van der Waals surface area contributed by atoms with Crippen LogP contribution < -0.4 is 0 Å². The van der Waals surface area contributed by atoms with Gasteiger partial charge in [0.2, 0.25) is 0 Å². The molecule has 0 saturated carbocycles. The third-order valence-electron chi connectivity index (χ3n) is 3.55. The largest absolute Gasteiger partial charge is 0.445 e. The van der Waals surface area contributed by atoms with E-state index < -0.39 is 0 Å². The lowest BCUT2D eigenvalue weighted by atomic mass is 10.0. The number of epoxide rings is 1. The highest BCUT2D eigenvalue weighted by Gasteiger charge is 2.49. The second-order valence-corrected chi connectivity index (χ2v) is 5.06. The number of nitrogens with zero attached hydrogens (tertiary/aromatic N) is 1. The fourth-order valence-electron chi connectivity index (χ4n) is 2.51. The first-order valence-corrected chi connectivity index (χ1v) is 6.35. The number of likely N-dealkylation sites (tertiary alicyclic amines) is 1. The van der Waals surface area contributed by atoms with Crippen LogP contribution in [-0.4, -0.2) is 36.3 Å². The van der Waals surface area contributed by atoms with Crippen LogP contribution in [0.15, 0.2) is 30.3 Å². The Bertz CT molecular complexity index is 434. The van der Waals surface area contributed by atoms with Crippen molar-refractivity contribution in [1.29, 1.82) is 0 Å². The summed E-state index contributed by atoms with van der Waals surface area (Å²) in [6.45, 7) is 3.85. The summed E-state index contributed by atoms with van der Waals surface area (Å²) in [5.74, 6) is 0.410. The van der Waals surface area contributed by atoms with Gasteiger partial charge in [0.1, 0.15) is 12.7 Å². The molecule has 4 heteroatoms. The summed E-state index contributed by atoms with van der Waals surface area (Å²) in [6, 6.07) is 9.73. The predicted octanol–water partition coefficient (Wildman–Crippen LogP) is 2.04. The van der Waals surface area contributed by atoms with Crippen LogP contribution in [0.1, 0.15) is 12.5 Å². The second-order valence-electron chi connectivity index (χ2n) is 5.06. The van der Waals surface area contributed by atoms with Gasteiger partial charge in [0.25, 0.3) is 0 Å². The summed E-state index contributed by atoms with van der Waals surface area (Å²) in [5.41, 5.74) is 1.01. The normalized spacial score (nSPS) is 29.6. The first-order chi connectivity index (χ1) is 8.74. The van der Waals surface area contributed by atoms with Gasteiger partial charge in [-0.25, -0.2) is 4.79 Å².